The van der Waals surface area contributed by atoms with Gasteiger partial charge < -0.3 is 10.6 Å². The van der Waals surface area contributed by atoms with Crippen LogP contribution >= 0.6 is 23.1 Å². The lowest BCUT2D eigenvalue weighted by molar-refractivity contribution is -0.116. The molecule has 1 heterocycles. The van der Waals surface area contributed by atoms with Crippen molar-refractivity contribution in [1.82, 2.24) is 4.98 Å². The number of allylic oxidation sites excluding steroid dienone is 4. The highest BCUT2D eigenvalue weighted by Crippen LogP contribution is 2.26. The Morgan fingerprint density at radius 2 is 1.83 bits per heavy atom. The van der Waals surface area contributed by atoms with Crippen molar-refractivity contribution in [2.75, 3.05) is 16.4 Å². The van der Waals surface area contributed by atoms with Crippen molar-refractivity contribution in [3.63, 3.8) is 0 Å². The molecule has 6 nitrogen and oxygen atoms in total. The first-order chi connectivity index (χ1) is 17.0. The number of hydrogen-bond donors (Lipinski definition) is 2. The fourth-order valence-corrected chi connectivity index (χ4v) is 5.30. The van der Waals surface area contributed by atoms with E-state index >= 15 is 0 Å². The van der Waals surface area contributed by atoms with Crippen LogP contribution < -0.4 is 10.6 Å². The number of rotatable bonds is 13. The van der Waals surface area contributed by atoms with Gasteiger partial charge in [-0.2, -0.15) is 0 Å². The van der Waals surface area contributed by atoms with Crippen LogP contribution in [0.1, 0.15) is 58.3 Å². The molecule has 2 amide bonds. The van der Waals surface area contributed by atoms with Gasteiger partial charge in [-0.1, -0.05) is 61.0 Å². The molecule has 1 aliphatic carbocycles. The van der Waals surface area contributed by atoms with Gasteiger partial charge in [0.1, 0.15) is 0 Å². The highest BCUT2D eigenvalue weighted by molar-refractivity contribution is 8.13. The van der Waals surface area contributed by atoms with E-state index < -0.39 is 0 Å². The summed E-state index contributed by atoms with van der Waals surface area (Å²) in [4.78, 5) is 39.9. The molecule has 0 aliphatic heterocycles. The summed E-state index contributed by atoms with van der Waals surface area (Å²) in [7, 11) is 0. The third-order valence-corrected chi connectivity index (χ3v) is 7.38. The van der Waals surface area contributed by atoms with Crippen LogP contribution in [0.15, 0.2) is 53.9 Å². The number of amides is 2. The molecule has 1 aliphatic rings. The lowest BCUT2D eigenvalue weighted by Gasteiger charge is -2.11. The zero-order valence-electron chi connectivity index (χ0n) is 20.1. The molecule has 2 aromatic rings. The zero-order valence-corrected chi connectivity index (χ0v) is 21.8. The number of nitrogens with zero attached hydrogens (tertiary/aromatic N) is 1. The van der Waals surface area contributed by atoms with E-state index in [1.807, 2.05) is 29.6 Å². The number of carbonyl (C=O) groups excluding carboxylic acids is 3. The monoisotopic (exact) mass is 511 g/mol. The summed E-state index contributed by atoms with van der Waals surface area (Å²) < 4.78 is 0. The Balaban J connectivity index is 1.24. The normalized spacial score (nSPS) is 14.6. The lowest BCUT2D eigenvalue weighted by atomic mass is 9.96. The summed E-state index contributed by atoms with van der Waals surface area (Å²) in [6, 6.07) is 7.44. The number of nitrogens with one attached hydrogen (secondary N) is 2. The molecule has 0 saturated carbocycles. The third kappa shape index (κ3) is 10.2. The molecule has 1 unspecified atom stereocenters. The maximum atomic E-state index is 12.2. The second-order valence-corrected chi connectivity index (χ2v) is 10.6. The Kier molecular flexibility index (Phi) is 11.2. The minimum Gasteiger partial charge on any atom is -0.326 e. The van der Waals surface area contributed by atoms with E-state index in [1.54, 1.807) is 0 Å². The fraction of sp³-hybridized carbons (Fsp3) is 0.407. The number of carbonyl (C=O) groups is 3. The van der Waals surface area contributed by atoms with Crippen LogP contribution in [0, 0.1) is 5.92 Å². The predicted molar refractivity (Wildman–Crippen MR) is 147 cm³/mol. The van der Waals surface area contributed by atoms with Crippen LogP contribution in [-0.4, -0.2) is 27.7 Å². The van der Waals surface area contributed by atoms with Gasteiger partial charge in [0, 0.05) is 42.1 Å². The molecular weight excluding hydrogens is 478 g/mol. The van der Waals surface area contributed by atoms with Crippen molar-refractivity contribution in [3.05, 3.63) is 53.9 Å². The van der Waals surface area contributed by atoms with Gasteiger partial charge >= 0.3 is 0 Å². The molecule has 1 atom stereocenters. The topological polar surface area (TPSA) is 88.2 Å². The van der Waals surface area contributed by atoms with Crippen molar-refractivity contribution < 1.29 is 14.4 Å². The Morgan fingerprint density at radius 3 is 2.57 bits per heavy atom. The zero-order chi connectivity index (χ0) is 24.9. The number of thioether (sulfide) groups is 1. The first-order valence-electron chi connectivity index (χ1n) is 12.1. The van der Waals surface area contributed by atoms with Gasteiger partial charge in [-0.15, -0.1) is 11.3 Å². The number of benzene rings is 1. The number of thiazole rings is 1. The molecule has 0 saturated heterocycles. The molecular formula is C27H33N3O3S2. The van der Waals surface area contributed by atoms with Crippen LogP contribution in [0.5, 0.6) is 0 Å². The van der Waals surface area contributed by atoms with Gasteiger partial charge in [0.05, 0.1) is 5.69 Å². The minimum absolute atomic E-state index is 0.0249. The van der Waals surface area contributed by atoms with E-state index in [0.29, 0.717) is 29.0 Å². The van der Waals surface area contributed by atoms with Gasteiger partial charge in [0.15, 0.2) is 10.2 Å². The van der Waals surface area contributed by atoms with Crippen LogP contribution in [0.3, 0.4) is 0 Å². The van der Waals surface area contributed by atoms with E-state index in [2.05, 4.69) is 39.9 Å². The average molecular weight is 512 g/mol. The maximum Gasteiger partial charge on any atom is 0.226 e. The first kappa shape index (κ1) is 26.9. The molecule has 3 rings (SSSR count). The largest absolute Gasteiger partial charge is 0.326 e. The molecule has 2 N–H and O–H groups in total. The standard InChI is InChI=1S/C27H33N3O3S2/c1-20(31)28-23-15-13-22(14-16-23)24-19-35-27(29-24)30-25(32)11-7-2-3-8-18-34-26(33)17-12-21-9-5-4-6-10-21/h4-6,9,13-16,19,21H,2-3,7-8,10-12,17-18H2,1H3,(H,28,31)(H,29,30,32). The molecule has 0 spiro atoms. The molecule has 1 aromatic heterocycles. The van der Waals surface area contributed by atoms with Crippen molar-refractivity contribution in [2.24, 2.45) is 5.92 Å². The molecule has 8 heteroatoms. The number of anilines is 2. The fourth-order valence-electron chi connectivity index (χ4n) is 3.72. The van der Waals surface area contributed by atoms with Gasteiger partial charge in [-0.05, 0) is 43.7 Å². The molecule has 0 bridgehead atoms. The highest BCUT2D eigenvalue weighted by atomic mass is 32.2. The van der Waals surface area contributed by atoms with E-state index in [0.717, 1.165) is 61.2 Å². The van der Waals surface area contributed by atoms with Crippen LogP contribution in [-0.2, 0) is 14.4 Å². The Morgan fingerprint density at radius 1 is 1.03 bits per heavy atom. The maximum absolute atomic E-state index is 12.2. The number of hydrogen-bond acceptors (Lipinski definition) is 6. The predicted octanol–water partition coefficient (Wildman–Crippen LogP) is 6.83. The van der Waals surface area contributed by atoms with Gasteiger partial charge in [-0.25, -0.2) is 4.98 Å². The highest BCUT2D eigenvalue weighted by Gasteiger charge is 2.10. The molecule has 186 valence electrons. The van der Waals surface area contributed by atoms with Gasteiger partial charge in [0.2, 0.25) is 11.8 Å². The minimum atomic E-state index is -0.110. The van der Waals surface area contributed by atoms with Crippen molar-refractivity contribution >= 4 is 50.8 Å². The Bertz CT molecular complexity index is 1040. The lowest BCUT2D eigenvalue weighted by Crippen LogP contribution is -2.10. The van der Waals surface area contributed by atoms with E-state index in [9.17, 15) is 14.4 Å². The Hall–Kier alpha value is -2.71. The third-order valence-electron chi connectivity index (χ3n) is 5.60. The average Bonchev–Trinajstić information content (AvgIpc) is 3.31. The van der Waals surface area contributed by atoms with Crippen LogP contribution in [0.25, 0.3) is 11.3 Å². The van der Waals surface area contributed by atoms with Crippen molar-refractivity contribution in [1.29, 1.82) is 0 Å². The van der Waals surface area contributed by atoms with Crippen molar-refractivity contribution in [2.45, 2.75) is 58.3 Å². The SMILES string of the molecule is CC(=O)Nc1ccc(-c2csc(NC(=O)CCCCCCSC(=O)CCC3C=CC=CC3)n2)cc1. The van der Waals surface area contributed by atoms with Crippen molar-refractivity contribution in [3.8, 4) is 11.3 Å². The van der Waals surface area contributed by atoms with E-state index in [4.69, 9.17) is 0 Å². The van der Waals surface area contributed by atoms with Gasteiger partial charge in [0.25, 0.3) is 0 Å². The van der Waals surface area contributed by atoms with E-state index in [-0.39, 0.29) is 11.8 Å². The molecule has 35 heavy (non-hydrogen) atoms. The van der Waals surface area contributed by atoms with Crippen LogP contribution in [0.4, 0.5) is 10.8 Å². The number of aromatic nitrogens is 1. The second-order valence-electron chi connectivity index (χ2n) is 8.58. The van der Waals surface area contributed by atoms with Gasteiger partial charge in [-0.3, -0.25) is 14.4 Å². The summed E-state index contributed by atoms with van der Waals surface area (Å²) in [5, 5.41) is 8.41. The second kappa shape index (κ2) is 14.6. The summed E-state index contributed by atoms with van der Waals surface area (Å²) in [5.41, 5.74) is 2.45. The molecule has 0 fully saturated rings. The smallest absolute Gasteiger partial charge is 0.226 e. The van der Waals surface area contributed by atoms with E-state index in [1.165, 1.54) is 30.0 Å². The van der Waals surface area contributed by atoms with Crippen LogP contribution in [0.2, 0.25) is 0 Å². The summed E-state index contributed by atoms with van der Waals surface area (Å²) in [5.74, 6) is 1.23. The molecule has 1 aromatic carbocycles. The summed E-state index contributed by atoms with van der Waals surface area (Å²) in [6.45, 7) is 1.47. The quantitative estimate of drug-likeness (QED) is 0.288. The number of unbranched alkanes of at least 4 members (excludes halogenated alkanes) is 3. The molecule has 0 radical (unpaired) electrons. The first-order valence-corrected chi connectivity index (χ1v) is 14.0. The Labute approximate surface area is 215 Å². The summed E-state index contributed by atoms with van der Waals surface area (Å²) in [6.07, 6.45) is 15.4. The summed E-state index contributed by atoms with van der Waals surface area (Å²) >= 11 is 2.85.